The van der Waals surface area contributed by atoms with Crippen LogP contribution in [0.4, 0.5) is 50.5 Å². The third-order valence-corrected chi connectivity index (χ3v) is 26.2. The second kappa shape index (κ2) is 45.2. The van der Waals surface area contributed by atoms with Crippen molar-refractivity contribution in [2.24, 2.45) is 7.05 Å². The van der Waals surface area contributed by atoms with Gasteiger partial charge in [0.25, 0.3) is 5.91 Å². The molecule has 38 heteroatoms. The number of amides is 1. The van der Waals surface area contributed by atoms with E-state index in [9.17, 15) is 14.4 Å². The lowest BCUT2D eigenvalue weighted by Gasteiger charge is -2.31. The van der Waals surface area contributed by atoms with Crippen LogP contribution in [0.1, 0.15) is 125 Å². The summed E-state index contributed by atoms with van der Waals surface area (Å²) < 4.78 is 67.6. The van der Waals surface area contributed by atoms with Gasteiger partial charge in [-0.15, -0.1) is 10.2 Å². The molecular weight excluding hydrogens is 1750 g/mol. The number of pyridine rings is 3. The lowest BCUT2D eigenvalue weighted by molar-refractivity contribution is 0.0890. The molecule has 37 nitrogen and oxygen atoms in total. The quantitative estimate of drug-likeness (QED) is 0.0397. The zero-order valence-electron chi connectivity index (χ0n) is 76.8. The molecule has 4 saturated carbocycles. The molecule has 5 saturated heterocycles. The fraction of sp³-hybridized carbons (Fsp3) is 0.455. The van der Waals surface area contributed by atoms with Gasteiger partial charge in [-0.3, -0.25) is 29.7 Å². The highest BCUT2D eigenvalue weighted by Crippen LogP contribution is 2.40. The molecule has 9 fully saturated rings. The minimum Gasteiger partial charge on any atom is -0.488 e. The summed E-state index contributed by atoms with van der Waals surface area (Å²) in [4.78, 5) is 80.9. The number of aromatic nitrogens is 17. The molecule has 0 radical (unpaired) electrons. The minimum absolute atomic E-state index is 0.0763. The van der Waals surface area contributed by atoms with Crippen molar-refractivity contribution in [1.29, 1.82) is 5.26 Å². The van der Waals surface area contributed by atoms with Gasteiger partial charge in [0.15, 0.2) is 11.6 Å². The van der Waals surface area contributed by atoms with E-state index in [0.29, 0.717) is 48.1 Å². The molecule has 1 atom stereocenters. The van der Waals surface area contributed by atoms with Crippen molar-refractivity contribution in [1.82, 2.24) is 90.3 Å². The number of hydrogen-bond acceptors (Lipinski definition) is 35. The maximum atomic E-state index is 14.2. The average molecular weight is 1860 g/mol. The van der Waals surface area contributed by atoms with Gasteiger partial charge in [0.2, 0.25) is 11.8 Å². The van der Waals surface area contributed by atoms with E-state index in [0.717, 1.165) is 316 Å². The van der Waals surface area contributed by atoms with Crippen molar-refractivity contribution in [2.45, 2.75) is 164 Å². The summed E-state index contributed by atoms with van der Waals surface area (Å²) >= 11 is 0. The van der Waals surface area contributed by atoms with Crippen molar-refractivity contribution in [3.8, 4) is 40.5 Å². The summed E-state index contributed by atoms with van der Waals surface area (Å²) in [5.41, 5.74) is 12.8. The smallest absolute Gasteiger partial charge is 0.270 e. The zero-order chi connectivity index (χ0) is 92.9. The topological polar surface area (TPSA) is 408 Å². The van der Waals surface area contributed by atoms with Crippen LogP contribution in [-0.2, 0) is 30.7 Å². The number of carbonyl (C=O) groups excluding carboxylic acids is 1. The fourth-order valence-electron chi connectivity index (χ4n) is 18.9. The van der Waals surface area contributed by atoms with Crippen molar-refractivity contribution in [2.75, 3.05) is 159 Å². The number of tetrazole rings is 1. The van der Waals surface area contributed by atoms with E-state index in [1.165, 1.54) is 11.0 Å². The second-order valence-corrected chi connectivity index (χ2v) is 35.5. The van der Waals surface area contributed by atoms with E-state index >= 15 is 0 Å². The standard InChI is InChI=1S/C26H32FN7O3.C25H29N9O2.C24H26N6O2.C24H27N5O3/c27-21-15-30-26(33-25(21)31-18-5-10-36-16-18)32-17-1-3-20(4-2-17)37-23-14-19(34-8-11-35-12-9-34)13-22-24(23)29-7-6-28-22;1-33-31-25(30-32-33)17-2-7-23(28-16-17)29-18-3-5-20(6-4-18)36-22-15-19(34-10-12-35-13-11-34)14-21-24(22)27-9-8-26-21;25-16-17-2-1-7-28-24(17)29-18-3-5-20(6-4-18)32-22-15-19(30-10-12-31-13-11-30)14-21-23(22)27-9-8-26-21;30-24(20-3-1-2-8-25-20)28-17-4-6-19(7-5-17)32-22-16-18(29-11-13-31-14-12-29)15-21-23(22)27-10-9-26-21/h6-7,13-15,17-18,20H,1-5,8-12,16H2,(H2,30,31,32,33);2,7-9,14-16,18,20H,3-6,10-13H2,1H3,(H,28,29);1-2,7-9,14-15,18,20H,3-6,10-13H2,(H,28,29);1-3,8-10,15-17,19H,4-7,11-14H2,(H,28,30). The van der Waals surface area contributed by atoms with E-state index in [2.05, 4.69) is 181 Å². The molecule has 137 heavy (non-hydrogen) atoms. The number of carbonyl (C=O) groups is 1. The molecule has 5 N–H and O–H groups in total. The number of rotatable bonds is 23. The van der Waals surface area contributed by atoms with E-state index in [4.69, 9.17) is 42.6 Å². The van der Waals surface area contributed by atoms with Gasteiger partial charge in [-0.2, -0.15) is 15.0 Å². The molecule has 14 heterocycles. The van der Waals surface area contributed by atoms with Crippen LogP contribution in [0.5, 0.6) is 23.0 Å². The van der Waals surface area contributed by atoms with Crippen LogP contribution in [0.25, 0.3) is 55.5 Å². The molecule has 4 aromatic carbocycles. The zero-order valence-corrected chi connectivity index (χ0v) is 76.8. The van der Waals surface area contributed by atoms with Gasteiger partial charge >= 0.3 is 0 Å². The monoisotopic (exact) mass is 1860 g/mol. The highest BCUT2D eigenvalue weighted by atomic mass is 19.1. The number of fused-ring (bicyclic) bond motifs is 4. The molecule has 5 aliphatic heterocycles. The maximum absolute atomic E-state index is 14.2. The third kappa shape index (κ3) is 24.2. The largest absolute Gasteiger partial charge is 0.488 e. The van der Waals surface area contributed by atoms with Crippen LogP contribution in [0, 0.1) is 17.1 Å². The third-order valence-electron chi connectivity index (χ3n) is 26.2. The van der Waals surface area contributed by atoms with Crippen LogP contribution in [0.2, 0.25) is 0 Å². The number of nitrogens with one attached hydrogen (secondary N) is 5. The lowest BCUT2D eigenvalue weighted by Crippen LogP contribution is -2.40. The van der Waals surface area contributed by atoms with Crippen molar-refractivity contribution in [3.05, 3.63) is 182 Å². The number of ether oxygens (including phenoxy) is 9. The van der Waals surface area contributed by atoms with Crippen LogP contribution < -0.4 is 65.1 Å². The fourth-order valence-corrected chi connectivity index (χ4v) is 18.9. The first-order valence-electron chi connectivity index (χ1n) is 47.9. The predicted molar refractivity (Wildman–Crippen MR) is 515 cm³/mol. The minimum atomic E-state index is -0.454. The second-order valence-electron chi connectivity index (χ2n) is 35.5. The summed E-state index contributed by atoms with van der Waals surface area (Å²) in [6.45, 7) is 13.9. The number of halogens is 1. The average Bonchev–Trinajstić information content (AvgIpc) is 1.27. The van der Waals surface area contributed by atoms with Crippen molar-refractivity contribution >= 4 is 96.2 Å². The molecule has 1 unspecified atom stereocenters. The Morgan fingerprint density at radius 3 is 1.23 bits per heavy atom. The summed E-state index contributed by atoms with van der Waals surface area (Å²) in [6, 6.07) is 32.8. The maximum Gasteiger partial charge on any atom is 0.270 e. The number of anilines is 8. The highest BCUT2D eigenvalue weighted by molar-refractivity contribution is 5.92. The van der Waals surface area contributed by atoms with Gasteiger partial charge in [0.1, 0.15) is 68.5 Å². The number of nitrogens with zero attached hydrogens (tertiary/aromatic N) is 22. The Bertz CT molecular complexity index is 6200. The molecule has 4 aliphatic carbocycles. The Morgan fingerprint density at radius 2 is 0.825 bits per heavy atom. The molecule has 13 aromatic rings. The van der Waals surface area contributed by atoms with Crippen LogP contribution >= 0.6 is 0 Å². The van der Waals surface area contributed by atoms with Crippen molar-refractivity contribution < 1.29 is 51.8 Å². The molecule has 1 amide bonds. The van der Waals surface area contributed by atoms with E-state index < -0.39 is 5.82 Å². The molecule has 0 bridgehead atoms. The van der Waals surface area contributed by atoms with Gasteiger partial charge in [-0.1, -0.05) is 6.07 Å². The highest BCUT2D eigenvalue weighted by Gasteiger charge is 2.32. The first-order chi connectivity index (χ1) is 67.5. The summed E-state index contributed by atoms with van der Waals surface area (Å²) in [5.74, 6) is 5.34. The summed E-state index contributed by atoms with van der Waals surface area (Å²) in [5, 5.41) is 38.0. The Labute approximate surface area is 792 Å². The van der Waals surface area contributed by atoms with E-state index in [1.54, 1.807) is 93.4 Å². The number of aryl methyl sites for hydroxylation is 1. The number of morpholine rings is 4. The van der Waals surface area contributed by atoms with Gasteiger partial charge in [0, 0.05) is 204 Å². The molecule has 0 spiro atoms. The van der Waals surface area contributed by atoms with Gasteiger partial charge in [-0.05, 0) is 175 Å². The van der Waals surface area contributed by atoms with Crippen LogP contribution in [0.15, 0.2) is 165 Å². The Balaban J connectivity index is 0.000000117. The van der Waals surface area contributed by atoms with Crippen molar-refractivity contribution in [3.63, 3.8) is 0 Å². The van der Waals surface area contributed by atoms with Crippen LogP contribution in [0.3, 0.4) is 0 Å². The van der Waals surface area contributed by atoms with Gasteiger partial charge in [-0.25, -0.2) is 39.3 Å². The van der Waals surface area contributed by atoms with E-state index in [1.807, 2.05) is 24.3 Å². The number of nitriles is 1. The van der Waals surface area contributed by atoms with Gasteiger partial charge < -0.3 is 88.8 Å². The normalized spacial score (nSPS) is 21.8. The Kier molecular flexibility index (Phi) is 30.4. The molecule has 9 aromatic heterocycles. The Morgan fingerprint density at radius 1 is 0.401 bits per heavy atom. The molecule has 9 aliphatic rings. The predicted octanol–water partition coefficient (Wildman–Crippen LogP) is 12.8. The first-order valence-corrected chi connectivity index (χ1v) is 47.9. The molecular formula is C99H114FN27O10. The summed E-state index contributed by atoms with van der Waals surface area (Å²) in [6.07, 6.45) is 36.1. The summed E-state index contributed by atoms with van der Waals surface area (Å²) in [7, 11) is 1.75. The van der Waals surface area contributed by atoms with E-state index in [-0.39, 0.29) is 60.3 Å². The lowest BCUT2D eigenvalue weighted by atomic mass is 9.92. The Hall–Kier alpha value is -13.9. The first kappa shape index (κ1) is 92.2. The number of benzene rings is 4. The SMILES string of the molecule is Cn1nnc(-c2ccc(NC3CCC(Oc4cc(N5CCOCC5)cc5nccnc45)CC3)nc2)n1.Fc1cnc(NC2CCC(Oc3cc(N4CCOCC4)cc4nccnc34)CC2)nc1NC1CCOC1.N#Cc1cccnc1NC1CCC(Oc2cc(N3CCOCC3)cc3nccnc23)CC1.O=C(NC1CCC(Oc2cc(N3CCOCC3)cc3nccnc23)CC1)c1ccccn1. The molecule has 712 valence electrons. The number of hydrogen-bond donors (Lipinski definition) is 5. The molecule has 22 rings (SSSR count). The van der Waals surface area contributed by atoms with Gasteiger partial charge in [0.05, 0.1) is 131 Å². The van der Waals surface area contributed by atoms with Crippen LogP contribution in [-0.4, -0.2) is 264 Å².